The highest BCUT2D eigenvalue weighted by Crippen LogP contribution is 2.25. The average Bonchev–Trinajstić information content (AvgIpc) is 3.10. The third-order valence-electron chi connectivity index (χ3n) is 4.34. The number of aromatic nitrogens is 2. The molecule has 0 spiro atoms. The van der Waals surface area contributed by atoms with Crippen LogP contribution in [-0.4, -0.2) is 46.7 Å². The summed E-state index contributed by atoms with van der Waals surface area (Å²) < 4.78 is 5.08. The first-order chi connectivity index (χ1) is 10.2. The molecular formula is C15H21N3O3. The number of piperidine rings is 1. The van der Waals surface area contributed by atoms with Crippen LogP contribution in [-0.2, 0) is 22.4 Å². The van der Waals surface area contributed by atoms with E-state index in [9.17, 15) is 9.59 Å². The number of fused-ring (bicyclic) bond motifs is 1. The molecule has 1 fully saturated rings. The van der Waals surface area contributed by atoms with Gasteiger partial charge in [-0.05, 0) is 39.0 Å². The quantitative estimate of drug-likeness (QED) is 0.852. The first kappa shape index (κ1) is 14.1. The smallest absolute Gasteiger partial charge is 0.310 e. The number of ether oxygens (including phenoxy) is 1. The van der Waals surface area contributed by atoms with Crippen molar-refractivity contribution in [1.29, 1.82) is 0 Å². The molecule has 0 bridgehead atoms. The minimum Gasteiger partial charge on any atom is -0.466 e. The molecule has 2 heterocycles. The molecule has 0 aromatic carbocycles. The maximum absolute atomic E-state index is 12.6. The van der Waals surface area contributed by atoms with Crippen LogP contribution in [0.25, 0.3) is 0 Å². The number of carbonyl (C=O) groups is 2. The molecule has 21 heavy (non-hydrogen) atoms. The van der Waals surface area contributed by atoms with Crippen molar-refractivity contribution in [3.8, 4) is 0 Å². The highest BCUT2D eigenvalue weighted by molar-refractivity contribution is 5.94. The Kier molecular flexibility index (Phi) is 3.94. The summed E-state index contributed by atoms with van der Waals surface area (Å²) in [5, 5.41) is 7.16. The van der Waals surface area contributed by atoms with E-state index in [0.29, 0.717) is 25.4 Å². The molecule has 6 nitrogen and oxygen atoms in total. The first-order valence-electron chi connectivity index (χ1n) is 7.72. The van der Waals surface area contributed by atoms with Gasteiger partial charge < -0.3 is 9.64 Å². The summed E-state index contributed by atoms with van der Waals surface area (Å²) in [7, 11) is 0. The SMILES string of the molecule is CCOC(=O)C1CCCN(C(=O)c2n[nH]c3c2CCC3)C1. The van der Waals surface area contributed by atoms with Crippen LogP contribution in [0.5, 0.6) is 0 Å². The Morgan fingerprint density at radius 2 is 2.24 bits per heavy atom. The van der Waals surface area contributed by atoms with Crippen LogP contribution >= 0.6 is 0 Å². The Hall–Kier alpha value is -1.85. The van der Waals surface area contributed by atoms with Crippen LogP contribution in [0.2, 0.25) is 0 Å². The second-order valence-electron chi connectivity index (χ2n) is 5.73. The topological polar surface area (TPSA) is 75.3 Å². The number of nitrogens with one attached hydrogen (secondary N) is 1. The van der Waals surface area contributed by atoms with E-state index < -0.39 is 0 Å². The molecule has 1 unspecified atom stereocenters. The summed E-state index contributed by atoms with van der Waals surface area (Å²) in [5.41, 5.74) is 2.71. The lowest BCUT2D eigenvalue weighted by molar-refractivity contribution is -0.149. The molecule has 1 saturated heterocycles. The highest BCUT2D eigenvalue weighted by Gasteiger charge is 2.32. The van der Waals surface area contributed by atoms with Gasteiger partial charge in [0.2, 0.25) is 0 Å². The fourth-order valence-corrected chi connectivity index (χ4v) is 3.26. The van der Waals surface area contributed by atoms with E-state index in [1.165, 1.54) is 0 Å². The van der Waals surface area contributed by atoms with Crippen LogP contribution < -0.4 is 0 Å². The third-order valence-corrected chi connectivity index (χ3v) is 4.34. The van der Waals surface area contributed by atoms with E-state index in [0.717, 1.165) is 43.4 Å². The van der Waals surface area contributed by atoms with Crippen molar-refractivity contribution in [2.75, 3.05) is 19.7 Å². The van der Waals surface area contributed by atoms with Gasteiger partial charge in [0.15, 0.2) is 5.69 Å². The predicted molar refractivity (Wildman–Crippen MR) is 75.9 cm³/mol. The summed E-state index contributed by atoms with van der Waals surface area (Å²) >= 11 is 0. The zero-order valence-electron chi connectivity index (χ0n) is 12.4. The maximum atomic E-state index is 12.6. The van der Waals surface area contributed by atoms with Gasteiger partial charge in [0.1, 0.15) is 0 Å². The summed E-state index contributed by atoms with van der Waals surface area (Å²) in [4.78, 5) is 26.2. The van der Waals surface area contributed by atoms with Gasteiger partial charge in [0.25, 0.3) is 5.91 Å². The minimum absolute atomic E-state index is 0.0524. The van der Waals surface area contributed by atoms with Crippen molar-refractivity contribution >= 4 is 11.9 Å². The van der Waals surface area contributed by atoms with Crippen LogP contribution in [0, 0.1) is 5.92 Å². The third kappa shape index (κ3) is 2.66. The molecule has 1 N–H and O–H groups in total. The molecule has 2 aliphatic rings. The molecular weight excluding hydrogens is 270 g/mol. The largest absolute Gasteiger partial charge is 0.466 e. The number of carbonyl (C=O) groups excluding carboxylic acids is 2. The lowest BCUT2D eigenvalue weighted by atomic mass is 9.97. The average molecular weight is 291 g/mol. The van der Waals surface area contributed by atoms with Gasteiger partial charge in [-0.25, -0.2) is 0 Å². The molecule has 114 valence electrons. The van der Waals surface area contributed by atoms with Gasteiger partial charge in [-0.2, -0.15) is 5.10 Å². The predicted octanol–water partition coefficient (Wildman–Crippen LogP) is 1.31. The number of amides is 1. The molecule has 1 amide bonds. The molecule has 6 heteroatoms. The minimum atomic E-state index is -0.199. The summed E-state index contributed by atoms with van der Waals surface area (Å²) in [6.07, 6.45) is 4.60. The van der Waals surface area contributed by atoms with Crippen molar-refractivity contribution in [2.45, 2.75) is 39.0 Å². The first-order valence-corrected chi connectivity index (χ1v) is 7.72. The van der Waals surface area contributed by atoms with E-state index >= 15 is 0 Å². The molecule has 1 aliphatic heterocycles. The number of hydrogen-bond acceptors (Lipinski definition) is 4. The van der Waals surface area contributed by atoms with E-state index in [1.807, 2.05) is 0 Å². The number of nitrogens with zero attached hydrogens (tertiary/aromatic N) is 2. The van der Waals surface area contributed by atoms with Crippen LogP contribution in [0.3, 0.4) is 0 Å². The van der Waals surface area contributed by atoms with Gasteiger partial charge >= 0.3 is 5.97 Å². The monoisotopic (exact) mass is 291 g/mol. The standard InChI is InChI=1S/C15H21N3O3/c1-2-21-15(20)10-5-4-8-18(9-10)14(19)13-11-6-3-7-12(11)16-17-13/h10H,2-9H2,1H3,(H,16,17). The Bertz CT molecular complexity index is 552. The number of likely N-dealkylation sites (tertiary alicyclic amines) is 1. The van der Waals surface area contributed by atoms with Gasteiger partial charge in [0, 0.05) is 24.3 Å². The molecule has 1 aromatic rings. The van der Waals surface area contributed by atoms with E-state index in [2.05, 4.69) is 10.2 Å². The molecule has 1 aromatic heterocycles. The van der Waals surface area contributed by atoms with Crippen LogP contribution in [0.15, 0.2) is 0 Å². The van der Waals surface area contributed by atoms with Crippen LogP contribution in [0.4, 0.5) is 0 Å². The number of aryl methyl sites for hydroxylation is 1. The van der Waals surface area contributed by atoms with E-state index in [1.54, 1.807) is 11.8 Å². The van der Waals surface area contributed by atoms with Crippen LogP contribution in [0.1, 0.15) is 47.9 Å². The molecule has 1 atom stereocenters. The lowest BCUT2D eigenvalue weighted by Gasteiger charge is -2.31. The van der Waals surface area contributed by atoms with E-state index in [4.69, 9.17) is 4.74 Å². The number of aromatic amines is 1. The zero-order valence-corrected chi connectivity index (χ0v) is 12.4. The Labute approximate surface area is 123 Å². The second-order valence-corrected chi connectivity index (χ2v) is 5.73. The number of rotatable bonds is 3. The van der Waals surface area contributed by atoms with Crippen molar-refractivity contribution in [1.82, 2.24) is 15.1 Å². The molecule has 0 radical (unpaired) electrons. The molecule has 0 saturated carbocycles. The summed E-state index contributed by atoms with van der Waals surface area (Å²) in [5.74, 6) is -0.444. The maximum Gasteiger partial charge on any atom is 0.310 e. The zero-order chi connectivity index (χ0) is 14.8. The Morgan fingerprint density at radius 3 is 3.05 bits per heavy atom. The Morgan fingerprint density at radius 1 is 1.38 bits per heavy atom. The van der Waals surface area contributed by atoms with Crippen molar-refractivity contribution in [3.63, 3.8) is 0 Å². The second kappa shape index (κ2) is 5.87. The van der Waals surface area contributed by atoms with Crippen molar-refractivity contribution in [2.24, 2.45) is 5.92 Å². The van der Waals surface area contributed by atoms with Gasteiger partial charge in [-0.1, -0.05) is 0 Å². The molecule has 3 rings (SSSR count). The van der Waals surface area contributed by atoms with E-state index in [-0.39, 0.29) is 17.8 Å². The normalized spacial score (nSPS) is 21.2. The number of hydrogen-bond donors (Lipinski definition) is 1. The van der Waals surface area contributed by atoms with Gasteiger partial charge in [-0.15, -0.1) is 0 Å². The molecule has 1 aliphatic carbocycles. The fourth-order valence-electron chi connectivity index (χ4n) is 3.26. The lowest BCUT2D eigenvalue weighted by Crippen LogP contribution is -2.43. The van der Waals surface area contributed by atoms with Crippen molar-refractivity contribution < 1.29 is 14.3 Å². The fraction of sp³-hybridized carbons (Fsp3) is 0.667. The number of H-pyrrole nitrogens is 1. The Balaban J connectivity index is 1.71. The van der Waals surface area contributed by atoms with Gasteiger partial charge in [0.05, 0.1) is 12.5 Å². The summed E-state index contributed by atoms with van der Waals surface area (Å²) in [6, 6.07) is 0. The van der Waals surface area contributed by atoms with Crippen molar-refractivity contribution in [3.05, 3.63) is 17.0 Å². The van der Waals surface area contributed by atoms with Gasteiger partial charge in [-0.3, -0.25) is 14.7 Å². The number of esters is 1. The highest BCUT2D eigenvalue weighted by atomic mass is 16.5. The summed E-state index contributed by atoms with van der Waals surface area (Å²) in [6.45, 7) is 3.32.